The SMILES string of the molecule is Cc1cn[nH]c1-c1nnc(C(=O)N2CCc3nc[nH]c3C2)o1. The van der Waals surface area contributed by atoms with Crippen LogP contribution in [-0.4, -0.2) is 47.7 Å². The first-order valence-electron chi connectivity index (χ1n) is 6.86. The Labute approximate surface area is 124 Å². The average Bonchev–Trinajstić information content (AvgIpc) is 3.25. The number of carbonyl (C=O) groups is 1. The molecule has 0 spiro atoms. The van der Waals surface area contributed by atoms with Crippen LogP contribution in [0, 0.1) is 6.92 Å². The summed E-state index contributed by atoms with van der Waals surface area (Å²) in [5, 5.41) is 14.4. The van der Waals surface area contributed by atoms with Gasteiger partial charge in [-0.1, -0.05) is 0 Å². The van der Waals surface area contributed by atoms with Crippen LogP contribution < -0.4 is 0 Å². The number of nitrogens with zero attached hydrogens (tertiary/aromatic N) is 5. The quantitative estimate of drug-likeness (QED) is 0.719. The van der Waals surface area contributed by atoms with Crippen molar-refractivity contribution in [1.29, 1.82) is 0 Å². The number of hydrogen-bond donors (Lipinski definition) is 2. The van der Waals surface area contributed by atoms with Crippen LogP contribution in [0.3, 0.4) is 0 Å². The number of hydrogen-bond acceptors (Lipinski definition) is 6. The Kier molecular flexibility index (Phi) is 2.78. The minimum absolute atomic E-state index is 0.0213. The van der Waals surface area contributed by atoms with Gasteiger partial charge in [-0.3, -0.25) is 9.89 Å². The molecule has 1 aliphatic rings. The lowest BCUT2D eigenvalue weighted by Crippen LogP contribution is -2.36. The molecule has 0 aromatic carbocycles. The summed E-state index contributed by atoms with van der Waals surface area (Å²) in [6.45, 7) is 2.92. The number of amides is 1. The maximum atomic E-state index is 12.5. The third-order valence-electron chi connectivity index (χ3n) is 3.71. The van der Waals surface area contributed by atoms with Gasteiger partial charge in [0.15, 0.2) is 0 Å². The van der Waals surface area contributed by atoms with Gasteiger partial charge in [-0.25, -0.2) is 4.98 Å². The first-order valence-corrected chi connectivity index (χ1v) is 6.86. The van der Waals surface area contributed by atoms with Gasteiger partial charge < -0.3 is 14.3 Å². The van der Waals surface area contributed by atoms with E-state index < -0.39 is 0 Å². The van der Waals surface area contributed by atoms with E-state index in [1.807, 2.05) is 6.92 Å². The summed E-state index contributed by atoms with van der Waals surface area (Å²) in [5.41, 5.74) is 3.45. The van der Waals surface area contributed by atoms with Crippen LogP contribution in [0.25, 0.3) is 11.6 Å². The lowest BCUT2D eigenvalue weighted by molar-refractivity contribution is 0.0692. The molecule has 112 valence electrons. The minimum atomic E-state index is -0.281. The molecule has 4 rings (SSSR count). The molecule has 0 unspecified atom stereocenters. The molecule has 1 aliphatic heterocycles. The molecule has 0 fully saturated rings. The Balaban J connectivity index is 1.57. The highest BCUT2D eigenvalue weighted by Crippen LogP contribution is 2.21. The number of rotatable bonds is 2. The molecular weight excluding hydrogens is 286 g/mol. The molecule has 2 N–H and O–H groups in total. The fourth-order valence-corrected chi connectivity index (χ4v) is 2.49. The first kappa shape index (κ1) is 12.7. The van der Waals surface area contributed by atoms with Crippen LogP contribution in [0.4, 0.5) is 0 Å². The normalized spacial score (nSPS) is 14.1. The van der Waals surface area contributed by atoms with Crippen LogP contribution in [0.1, 0.15) is 27.6 Å². The maximum absolute atomic E-state index is 12.5. The molecule has 0 bridgehead atoms. The van der Waals surface area contributed by atoms with E-state index in [4.69, 9.17) is 4.42 Å². The molecule has 0 saturated carbocycles. The van der Waals surface area contributed by atoms with Crippen molar-refractivity contribution in [3.63, 3.8) is 0 Å². The molecule has 0 radical (unpaired) electrons. The van der Waals surface area contributed by atoms with Gasteiger partial charge in [0.1, 0.15) is 5.69 Å². The summed E-state index contributed by atoms with van der Waals surface area (Å²) >= 11 is 0. The average molecular weight is 299 g/mol. The Bertz CT molecular complexity index is 831. The molecular formula is C13H13N7O2. The zero-order chi connectivity index (χ0) is 15.1. The van der Waals surface area contributed by atoms with Gasteiger partial charge in [0, 0.05) is 13.0 Å². The lowest BCUT2D eigenvalue weighted by atomic mass is 10.1. The number of nitrogens with one attached hydrogen (secondary N) is 2. The van der Waals surface area contributed by atoms with Crippen LogP contribution in [0.2, 0.25) is 0 Å². The largest absolute Gasteiger partial charge is 0.411 e. The minimum Gasteiger partial charge on any atom is -0.411 e. The van der Waals surface area contributed by atoms with E-state index in [1.165, 1.54) is 0 Å². The van der Waals surface area contributed by atoms with E-state index in [9.17, 15) is 4.79 Å². The third-order valence-corrected chi connectivity index (χ3v) is 3.71. The van der Waals surface area contributed by atoms with Crippen LogP contribution >= 0.6 is 0 Å². The molecule has 1 amide bonds. The zero-order valence-corrected chi connectivity index (χ0v) is 11.8. The van der Waals surface area contributed by atoms with Crippen LogP contribution in [0.5, 0.6) is 0 Å². The van der Waals surface area contributed by atoms with Gasteiger partial charge in [-0.2, -0.15) is 5.10 Å². The summed E-state index contributed by atoms with van der Waals surface area (Å²) in [6.07, 6.45) is 4.01. The summed E-state index contributed by atoms with van der Waals surface area (Å²) in [6, 6.07) is 0. The monoisotopic (exact) mass is 299 g/mol. The van der Waals surface area contributed by atoms with E-state index in [-0.39, 0.29) is 17.7 Å². The van der Waals surface area contributed by atoms with Gasteiger partial charge in [0.05, 0.1) is 30.5 Å². The second-order valence-corrected chi connectivity index (χ2v) is 5.14. The molecule has 0 atom stereocenters. The zero-order valence-electron chi connectivity index (χ0n) is 11.8. The summed E-state index contributed by atoms with van der Waals surface area (Å²) in [4.78, 5) is 21.4. The van der Waals surface area contributed by atoms with Crippen molar-refractivity contribution in [2.45, 2.75) is 19.9 Å². The van der Waals surface area contributed by atoms with E-state index in [1.54, 1.807) is 17.4 Å². The maximum Gasteiger partial charge on any atom is 0.311 e. The third kappa shape index (κ3) is 1.98. The van der Waals surface area contributed by atoms with E-state index >= 15 is 0 Å². The highest BCUT2D eigenvalue weighted by molar-refractivity contribution is 5.89. The summed E-state index contributed by atoms with van der Waals surface area (Å²) in [7, 11) is 0. The van der Waals surface area contributed by atoms with Crippen molar-refractivity contribution in [1.82, 2.24) is 35.3 Å². The molecule has 3 aromatic rings. The molecule has 4 heterocycles. The van der Waals surface area contributed by atoms with Gasteiger partial charge in [-0.05, 0) is 12.5 Å². The van der Waals surface area contributed by atoms with Gasteiger partial charge in [0.25, 0.3) is 5.89 Å². The number of carbonyl (C=O) groups excluding carboxylic acids is 1. The summed E-state index contributed by atoms with van der Waals surface area (Å²) < 4.78 is 5.48. The standard InChI is InChI=1S/C13H13N7O2/c1-7-4-16-17-10(7)11-18-19-12(22-11)13(21)20-3-2-8-9(5-20)15-6-14-8/h4,6H,2-3,5H2,1H3,(H,14,15)(H,16,17). The van der Waals surface area contributed by atoms with Crippen molar-refractivity contribution in [3.8, 4) is 11.6 Å². The van der Waals surface area contributed by atoms with Gasteiger partial charge in [0.2, 0.25) is 0 Å². The van der Waals surface area contributed by atoms with Crippen molar-refractivity contribution in [3.05, 3.63) is 35.4 Å². The van der Waals surface area contributed by atoms with E-state index in [2.05, 4.69) is 30.4 Å². The number of aromatic amines is 2. The lowest BCUT2D eigenvalue weighted by Gasteiger charge is -2.24. The Hall–Kier alpha value is -2.97. The molecule has 0 aliphatic carbocycles. The second kappa shape index (κ2) is 4.79. The highest BCUT2D eigenvalue weighted by Gasteiger charge is 2.27. The van der Waals surface area contributed by atoms with Crippen molar-refractivity contribution >= 4 is 5.91 Å². The van der Waals surface area contributed by atoms with Gasteiger partial charge >= 0.3 is 11.8 Å². The molecule has 9 nitrogen and oxygen atoms in total. The van der Waals surface area contributed by atoms with Crippen molar-refractivity contribution in [2.75, 3.05) is 6.54 Å². The Morgan fingerprint density at radius 1 is 1.41 bits per heavy atom. The van der Waals surface area contributed by atoms with Crippen LogP contribution in [0.15, 0.2) is 16.9 Å². The number of aromatic nitrogens is 6. The van der Waals surface area contributed by atoms with Crippen molar-refractivity contribution in [2.24, 2.45) is 0 Å². The number of aryl methyl sites for hydroxylation is 1. The van der Waals surface area contributed by atoms with Crippen LogP contribution in [-0.2, 0) is 13.0 Å². The van der Waals surface area contributed by atoms with Gasteiger partial charge in [-0.15, -0.1) is 10.2 Å². The van der Waals surface area contributed by atoms with E-state index in [0.29, 0.717) is 25.2 Å². The molecule has 9 heteroatoms. The summed E-state index contributed by atoms with van der Waals surface area (Å²) in [5.74, 6) is -0.0410. The highest BCUT2D eigenvalue weighted by atomic mass is 16.4. The second-order valence-electron chi connectivity index (χ2n) is 5.14. The number of fused-ring (bicyclic) bond motifs is 1. The Morgan fingerprint density at radius 3 is 3.14 bits per heavy atom. The number of imidazole rings is 1. The Morgan fingerprint density at radius 2 is 2.32 bits per heavy atom. The molecule has 3 aromatic heterocycles. The van der Waals surface area contributed by atoms with E-state index in [0.717, 1.165) is 17.0 Å². The fourth-order valence-electron chi connectivity index (χ4n) is 2.49. The predicted molar refractivity (Wildman–Crippen MR) is 73.6 cm³/mol. The molecule has 22 heavy (non-hydrogen) atoms. The first-order chi connectivity index (χ1) is 10.7. The topological polar surface area (TPSA) is 117 Å². The molecule has 0 saturated heterocycles. The predicted octanol–water partition coefficient (Wildman–Crippen LogP) is 0.690. The van der Waals surface area contributed by atoms with Crippen molar-refractivity contribution < 1.29 is 9.21 Å². The smallest absolute Gasteiger partial charge is 0.311 e. The fraction of sp³-hybridized carbons (Fsp3) is 0.308. The number of H-pyrrole nitrogens is 2.